The fraction of sp³-hybridized carbons (Fsp3) is 0.643. The minimum Gasteiger partial charge on any atom is -0.343 e. The molecule has 0 aromatic carbocycles. The fourth-order valence-electron chi connectivity index (χ4n) is 2.75. The summed E-state index contributed by atoms with van der Waals surface area (Å²) in [5, 5.41) is 5.75. The molecule has 2 heterocycles. The number of hydrogen-bond acceptors (Lipinski definition) is 4. The molecule has 0 radical (unpaired) electrons. The maximum Gasteiger partial charge on any atom is 0.246 e. The Labute approximate surface area is 122 Å². The van der Waals surface area contributed by atoms with Crippen LogP contribution in [0.1, 0.15) is 36.9 Å². The molecule has 0 bridgehead atoms. The Kier molecular flexibility index (Phi) is 3.50. The Balaban J connectivity index is 1.85. The van der Waals surface area contributed by atoms with Crippen molar-refractivity contribution in [3.05, 3.63) is 16.1 Å². The van der Waals surface area contributed by atoms with E-state index in [4.69, 9.17) is 0 Å². The minimum atomic E-state index is -0.376. The number of hydrogen-bond donors (Lipinski definition) is 1. The lowest BCUT2D eigenvalue weighted by Crippen LogP contribution is -2.63. The van der Waals surface area contributed by atoms with Crippen molar-refractivity contribution >= 4 is 23.2 Å². The number of piperazine rings is 1. The third kappa shape index (κ3) is 2.44. The topological polar surface area (TPSA) is 62.3 Å². The highest BCUT2D eigenvalue weighted by molar-refractivity contribution is 7.09. The largest absolute Gasteiger partial charge is 0.343 e. The van der Waals surface area contributed by atoms with Crippen LogP contribution in [-0.4, -0.2) is 33.8 Å². The van der Waals surface area contributed by atoms with Gasteiger partial charge in [0.1, 0.15) is 17.1 Å². The second-order valence-electron chi connectivity index (χ2n) is 5.60. The van der Waals surface area contributed by atoms with Crippen molar-refractivity contribution in [2.24, 2.45) is 5.92 Å². The van der Waals surface area contributed by atoms with Crippen molar-refractivity contribution < 1.29 is 9.59 Å². The van der Waals surface area contributed by atoms with Gasteiger partial charge < -0.3 is 10.2 Å². The van der Waals surface area contributed by atoms with Gasteiger partial charge in [-0.15, -0.1) is 11.3 Å². The van der Waals surface area contributed by atoms with Crippen LogP contribution < -0.4 is 5.32 Å². The molecule has 6 heteroatoms. The highest BCUT2D eigenvalue weighted by Crippen LogP contribution is 2.37. The van der Waals surface area contributed by atoms with Crippen LogP contribution in [0.25, 0.3) is 0 Å². The van der Waals surface area contributed by atoms with E-state index in [0.29, 0.717) is 18.9 Å². The SMILES string of the molecule is CCC1NC(=O)C(C2CC2)N(Cc2nc(C)cs2)C1=O. The van der Waals surface area contributed by atoms with Gasteiger partial charge in [0.05, 0.1) is 6.54 Å². The first-order valence-corrected chi connectivity index (χ1v) is 8.00. The van der Waals surface area contributed by atoms with E-state index in [1.165, 1.54) is 0 Å². The van der Waals surface area contributed by atoms with Gasteiger partial charge in [-0.2, -0.15) is 0 Å². The highest BCUT2D eigenvalue weighted by Gasteiger charge is 2.47. The Morgan fingerprint density at radius 2 is 2.20 bits per heavy atom. The molecular weight excluding hydrogens is 274 g/mol. The van der Waals surface area contributed by atoms with E-state index in [2.05, 4.69) is 10.3 Å². The van der Waals surface area contributed by atoms with Crippen molar-refractivity contribution in [3.8, 4) is 0 Å². The first-order valence-electron chi connectivity index (χ1n) is 7.12. The predicted octanol–water partition coefficient (Wildman–Crippen LogP) is 1.47. The van der Waals surface area contributed by atoms with Crippen LogP contribution in [0.4, 0.5) is 0 Å². The van der Waals surface area contributed by atoms with E-state index in [-0.39, 0.29) is 23.9 Å². The lowest BCUT2D eigenvalue weighted by molar-refractivity contribution is -0.151. The van der Waals surface area contributed by atoms with Crippen LogP contribution in [-0.2, 0) is 16.1 Å². The number of aryl methyl sites for hydroxylation is 1. The molecule has 2 fully saturated rings. The Hall–Kier alpha value is -1.43. The Morgan fingerprint density at radius 3 is 2.75 bits per heavy atom. The zero-order valence-corrected chi connectivity index (χ0v) is 12.6. The number of rotatable bonds is 4. The molecule has 20 heavy (non-hydrogen) atoms. The number of aromatic nitrogens is 1. The van der Waals surface area contributed by atoms with E-state index >= 15 is 0 Å². The molecule has 1 aliphatic heterocycles. The second-order valence-corrected chi connectivity index (χ2v) is 6.54. The summed E-state index contributed by atoms with van der Waals surface area (Å²) < 4.78 is 0. The molecule has 1 N–H and O–H groups in total. The molecule has 3 rings (SSSR count). The van der Waals surface area contributed by atoms with Gasteiger partial charge in [0.2, 0.25) is 11.8 Å². The van der Waals surface area contributed by atoms with E-state index < -0.39 is 0 Å². The predicted molar refractivity (Wildman–Crippen MR) is 76.1 cm³/mol. The van der Waals surface area contributed by atoms with Crippen molar-refractivity contribution in [2.75, 3.05) is 0 Å². The maximum absolute atomic E-state index is 12.5. The third-order valence-corrected chi connectivity index (χ3v) is 4.90. The first kappa shape index (κ1) is 13.5. The zero-order chi connectivity index (χ0) is 14.3. The third-order valence-electron chi connectivity index (χ3n) is 3.95. The lowest BCUT2D eigenvalue weighted by atomic mass is 10.0. The molecule has 2 aliphatic rings. The number of nitrogens with one attached hydrogen (secondary N) is 1. The standard InChI is InChI=1S/C14H19N3O2S/c1-3-10-14(19)17(6-11-15-8(2)7-20-11)12(9-4-5-9)13(18)16-10/h7,9-10,12H,3-6H2,1-2H3,(H,16,18). The van der Waals surface area contributed by atoms with Gasteiger partial charge in [-0.25, -0.2) is 4.98 Å². The molecule has 1 aliphatic carbocycles. The molecule has 1 saturated heterocycles. The average molecular weight is 293 g/mol. The molecule has 1 aromatic heterocycles. The summed E-state index contributed by atoms with van der Waals surface area (Å²) >= 11 is 1.55. The van der Waals surface area contributed by atoms with Gasteiger partial charge in [0.25, 0.3) is 0 Å². The summed E-state index contributed by atoms with van der Waals surface area (Å²) in [4.78, 5) is 31.0. The number of carbonyl (C=O) groups excluding carboxylic acids is 2. The van der Waals surface area contributed by atoms with Crippen LogP contribution in [0.5, 0.6) is 0 Å². The molecular formula is C14H19N3O2S. The van der Waals surface area contributed by atoms with Crippen molar-refractivity contribution in [3.63, 3.8) is 0 Å². The summed E-state index contributed by atoms with van der Waals surface area (Å²) in [7, 11) is 0. The number of carbonyl (C=O) groups is 2. The summed E-state index contributed by atoms with van der Waals surface area (Å²) in [6.45, 7) is 4.33. The van der Waals surface area contributed by atoms with Crippen molar-refractivity contribution in [2.45, 2.75) is 51.7 Å². The highest BCUT2D eigenvalue weighted by atomic mass is 32.1. The molecule has 1 saturated carbocycles. The molecule has 2 atom stereocenters. The lowest BCUT2D eigenvalue weighted by Gasteiger charge is -2.38. The molecule has 2 amide bonds. The first-order chi connectivity index (χ1) is 9.60. The van der Waals surface area contributed by atoms with Gasteiger partial charge in [-0.3, -0.25) is 9.59 Å². The summed E-state index contributed by atoms with van der Waals surface area (Å²) in [5.74, 6) is 0.377. The summed E-state index contributed by atoms with van der Waals surface area (Å²) in [6, 6.07) is -0.673. The van der Waals surface area contributed by atoms with Crippen LogP contribution in [0.2, 0.25) is 0 Å². The van der Waals surface area contributed by atoms with Crippen LogP contribution in [0.15, 0.2) is 5.38 Å². The van der Waals surface area contributed by atoms with Crippen LogP contribution >= 0.6 is 11.3 Å². The quantitative estimate of drug-likeness (QED) is 0.914. The Bertz CT molecular complexity index is 538. The van der Waals surface area contributed by atoms with Gasteiger partial charge in [-0.1, -0.05) is 6.92 Å². The summed E-state index contributed by atoms with van der Waals surface area (Å²) in [5.41, 5.74) is 0.967. The van der Waals surface area contributed by atoms with E-state index in [1.807, 2.05) is 19.2 Å². The van der Waals surface area contributed by atoms with Crippen molar-refractivity contribution in [1.29, 1.82) is 0 Å². The second kappa shape index (κ2) is 5.16. The van der Waals surface area contributed by atoms with Gasteiger partial charge in [0, 0.05) is 11.1 Å². The fourth-order valence-corrected chi connectivity index (χ4v) is 3.52. The van der Waals surface area contributed by atoms with E-state index in [9.17, 15) is 9.59 Å². The normalized spacial score (nSPS) is 26.8. The van der Waals surface area contributed by atoms with Crippen LogP contribution in [0.3, 0.4) is 0 Å². The molecule has 1 aromatic rings. The maximum atomic E-state index is 12.5. The number of nitrogens with zero attached hydrogens (tertiary/aromatic N) is 2. The summed E-state index contributed by atoms with van der Waals surface area (Å²) in [6.07, 6.45) is 2.71. The minimum absolute atomic E-state index is 0.00669. The average Bonchev–Trinajstić information content (AvgIpc) is 3.16. The molecule has 0 spiro atoms. The van der Waals surface area contributed by atoms with Gasteiger partial charge in [-0.05, 0) is 32.1 Å². The van der Waals surface area contributed by atoms with Crippen LogP contribution in [0, 0.1) is 12.8 Å². The zero-order valence-electron chi connectivity index (χ0n) is 11.8. The number of thiazole rings is 1. The molecule has 2 unspecified atom stereocenters. The number of amides is 2. The van der Waals surface area contributed by atoms with E-state index in [0.717, 1.165) is 23.5 Å². The van der Waals surface area contributed by atoms with E-state index in [1.54, 1.807) is 16.2 Å². The van der Waals surface area contributed by atoms with Crippen molar-refractivity contribution in [1.82, 2.24) is 15.2 Å². The monoisotopic (exact) mass is 293 g/mol. The molecule has 108 valence electrons. The van der Waals surface area contributed by atoms with Gasteiger partial charge >= 0.3 is 0 Å². The Morgan fingerprint density at radius 1 is 1.45 bits per heavy atom. The van der Waals surface area contributed by atoms with Gasteiger partial charge in [0.15, 0.2) is 0 Å². The smallest absolute Gasteiger partial charge is 0.246 e. The molecule has 5 nitrogen and oxygen atoms in total.